The first-order valence-corrected chi connectivity index (χ1v) is 8.68. The molecule has 3 rings (SSSR count). The van der Waals surface area contributed by atoms with E-state index in [1.807, 2.05) is 0 Å². The Hall–Kier alpha value is -2.45. The zero-order valence-corrected chi connectivity index (χ0v) is 15.4. The molecule has 1 aliphatic heterocycles. The van der Waals surface area contributed by atoms with Gasteiger partial charge in [-0.25, -0.2) is 4.79 Å². The predicted octanol–water partition coefficient (Wildman–Crippen LogP) is 1.61. The highest BCUT2D eigenvalue weighted by molar-refractivity contribution is 5.89. The van der Waals surface area contributed by atoms with Gasteiger partial charge < -0.3 is 23.7 Å². The van der Waals surface area contributed by atoms with Crippen molar-refractivity contribution in [3.05, 3.63) is 35.9 Å². The molecule has 1 saturated heterocycles. The van der Waals surface area contributed by atoms with Gasteiger partial charge in [-0.15, -0.1) is 0 Å². The second kappa shape index (κ2) is 7.66. The molecule has 0 bridgehead atoms. The van der Waals surface area contributed by atoms with E-state index in [9.17, 15) is 14.4 Å². The molecule has 1 aliphatic carbocycles. The van der Waals surface area contributed by atoms with Crippen LogP contribution in [-0.4, -0.2) is 55.2 Å². The summed E-state index contributed by atoms with van der Waals surface area (Å²) >= 11 is 0. The zero-order valence-electron chi connectivity index (χ0n) is 15.4. The smallest absolute Gasteiger partial charge is 0.338 e. The molecule has 2 aliphatic rings. The van der Waals surface area contributed by atoms with Gasteiger partial charge in [-0.1, -0.05) is 18.2 Å². The standard InChI is InChI=1S/C19H22O8/c1-11(20)24-15-16(25-12(2)21)19(27-18(15)23-3)10-9-14(19)26-17(22)13-7-5-4-6-8-13/h4-8,14-16,18H,9-10H2,1-3H3/t14-,15?,16-,18-,19-/m1/s1. The number of methoxy groups -OCH3 is 1. The van der Waals surface area contributed by atoms with Gasteiger partial charge in [0.05, 0.1) is 5.56 Å². The number of esters is 3. The molecular weight excluding hydrogens is 356 g/mol. The lowest BCUT2D eigenvalue weighted by Crippen LogP contribution is -2.62. The van der Waals surface area contributed by atoms with Gasteiger partial charge >= 0.3 is 17.9 Å². The maximum absolute atomic E-state index is 12.4. The van der Waals surface area contributed by atoms with E-state index in [2.05, 4.69) is 0 Å². The Morgan fingerprint density at radius 3 is 2.22 bits per heavy atom. The van der Waals surface area contributed by atoms with Crippen LogP contribution in [0.15, 0.2) is 30.3 Å². The Morgan fingerprint density at radius 2 is 1.70 bits per heavy atom. The van der Waals surface area contributed by atoms with Crippen LogP contribution < -0.4 is 0 Å². The molecule has 0 amide bonds. The van der Waals surface area contributed by atoms with Crippen molar-refractivity contribution >= 4 is 17.9 Å². The van der Waals surface area contributed by atoms with Crippen LogP contribution in [0.1, 0.15) is 37.0 Å². The molecule has 0 radical (unpaired) electrons. The minimum atomic E-state index is -1.11. The number of ether oxygens (including phenoxy) is 5. The van der Waals surface area contributed by atoms with Crippen LogP contribution in [0.25, 0.3) is 0 Å². The number of carbonyl (C=O) groups is 3. The molecule has 8 heteroatoms. The first kappa shape index (κ1) is 19.3. The molecule has 1 unspecified atom stereocenters. The average molecular weight is 378 g/mol. The van der Waals surface area contributed by atoms with Crippen molar-refractivity contribution in [3.63, 3.8) is 0 Å². The fourth-order valence-corrected chi connectivity index (χ4v) is 3.55. The van der Waals surface area contributed by atoms with E-state index < -0.39 is 48.1 Å². The van der Waals surface area contributed by atoms with E-state index in [0.29, 0.717) is 18.4 Å². The molecule has 2 fully saturated rings. The Kier molecular flexibility index (Phi) is 5.48. The Labute approximate surface area is 156 Å². The fraction of sp³-hybridized carbons (Fsp3) is 0.526. The third-order valence-corrected chi connectivity index (χ3v) is 4.81. The molecule has 27 heavy (non-hydrogen) atoms. The van der Waals surface area contributed by atoms with Crippen molar-refractivity contribution < 1.29 is 38.1 Å². The van der Waals surface area contributed by atoms with Crippen LogP contribution in [0, 0.1) is 0 Å². The minimum absolute atomic E-state index is 0.404. The molecule has 1 heterocycles. The van der Waals surface area contributed by atoms with Gasteiger partial charge in [0.1, 0.15) is 11.7 Å². The van der Waals surface area contributed by atoms with Gasteiger partial charge in [0.15, 0.2) is 18.5 Å². The quantitative estimate of drug-likeness (QED) is 0.563. The number of benzene rings is 1. The number of hydrogen-bond donors (Lipinski definition) is 0. The molecule has 1 aromatic rings. The second-order valence-electron chi connectivity index (χ2n) is 6.58. The van der Waals surface area contributed by atoms with Crippen molar-refractivity contribution in [3.8, 4) is 0 Å². The van der Waals surface area contributed by atoms with Crippen LogP contribution in [0.5, 0.6) is 0 Å². The lowest BCUT2D eigenvalue weighted by Gasteiger charge is -2.47. The van der Waals surface area contributed by atoms with Gasteiger partial charge in [-0.2, -0.15) is 0 Å². The van der Waals surface area contributed by atoms with Crippen molar-refractivity contribution in [2.75, 3.05) is 7.11 Å². The highest BCUT2D eigenvalue weighted by Crippen LogP contribution is 2.50. The largest absolute Gasteiger partial charge is 0.456 e. The third kappa shape index (κ3) is 3.68. The maximum atomic E-state index is 12.4. The van der Waals surface area contributed by atoms with E-state index in [-0.39, 0.29) is 0 Å². The Morgan fingerprint density at radius 1 is 1.04 bits per heavy atom. The van der Waals surface area contributed by atoms with Crippen molar-refractivity contribution in [2.24, 2.45) is 0 Å². The van der Waals surface area contributed by atoms with Gasteiger partial charge in [0.25, 0.3) is 0 Å². The van der Waals surface area contributed by atoms with Crippen LogP contribution in [0.4, 0.5) is 0 Å². The lowest BCUT2D eigenvalue weighted by atomic mass is 9.72. The molecule has 1 aromatic carbocycles. The second-order valence-corrected chi connectivity index (χ2v) is 6.58. The maximum Gasteiger partial charge on any atom is 0.338 e. The summed E-state index contributed by atoms with van der Waals surface area (Å²) in [6.45, 7) is 2.50. The summed E-state index contributed by atoms with van der Waals surface area (Å²) in [6.07, 6.45) is -2.49. The number of carbonyl (C=O) groups excluding carboxylic acids is 3. The molecule has 1 spiro atoms. The summed E-state index contributed by atoms with van der Waals surface area (Å²) in [6, 6.07) is 8.56. The molecule has 0 N–H and O–H groups in total. The molecule has 8 nitrogen and oxygen atoms in total. The molecule has 5 atom stereocenters. The summed E-state index contributed by atoms with van der Waals surface area (Å²) in [4.78, 5) is 35.6. The van der Waals surface area contributed by atoms with E-state index >= 15 is 0 Å². The fourth-order valence-electron chi connectivity index (χ4n) is 3.55. The molecular formula is C19H22O8. The number of hydrogen-bond acceptors (Lipinski definition) is 8. The van der Waals surface area contributed by atoms with Crippen molar-refractivity contribution in [1.29, 1.82) is 0 Å². The van der Waals surface area contributed by atoms with Crippen LogP contribution in [-0.2, 0) is 33.3 Å². The molecule has 146 valence electrons. The van der Waals surface area contributed by atoms with Gasteiger partial charge in [0.2, 0.25) is 0 Å². The van der Waals surface area contributed by atoms with E-state index in [4.69, 9.17) is 23.7 Å². The molecule has 0 aromatic heterocycles. The van der Waals surface area contributed by atoms with Crippen LogP contribution in [0.3, 0.4) is 0 Å². The summed E-state index contributed by atoms with van der Waals surface area (Å²) in [5, 5.41) is 0. The van der Waals surface area contributed by atoms with Gasteiger partial charge in [-0.3, -0.25) is 9.59 Å². The van der Waals surface area contributed by atoms with Gasteiger partial charge in [0, 0.05) is 21.0 Å². The Bertz CT molecular complexity index is 718. The zero-order chi connectivity index (χ0) is 19.6. The summed E-state index contributed by atoms with van der Waals surface area (Å²) in [5.41, 5.74) is -0.710. The number of rotatable bonds is 5. The SMILES string of the molecule is CO[C@@H]1O[C@@]2(CC[C@H]2OC(=O)c2ccccc2)[C@H](OC(C)=O)C1OC(C)=O. The third-order valence-electron chi connectivity index (χ3n) is 4.81. The highest BCUT2D eigenvalue weighted by atomic mass is 16.7. The Balaban J connectivity index is 1.83. The summed E-state index contributed by atoms with van der Waals surface area (Å²) in [7, 11) is 1.40. The monoisotopic (exact) mass is 378 g/mol. The van der Waals surface area contributed by atoms with Crippen LogP contribution >= 0.6 is 0 Å². The van der Waals surface area contributed by atoms with Gasteiger partial charge in [-0.05, 0) is 25.0 Å². The van der Waals surface area contributed by atoms with E-state index in [1.54, 1.807) is 30.3 Å². The lowest BCUT2D eigenvalue weighted by molar-refractivity contribution is -0.245. The predicted molar refractivity (Wildman–Crippen MR) is 90.6 cm³/mol. The van der Waals surface area contributed by atoms with E-state index in [1.165, 1.54) is 21.0 Å². The first-order chi connectivity index (χ1) is 12.9. The summed E-state index contributed by atoms with van der Waals surface area (Å²) in [5.74, 6) is -1.62. The van der Waals surface area contributed by atoms with Crippen molar-refractivity contribution in [1.82, 2.24) is 0 Å². The van der Waals surface area contributed by atoms with Crippen molar-refractivity contribution in [2.45, 2.75) is 56.9 Å². The topological polar surface area (TPSA) is 97.4 Å². The normalized spacial score (nSPS) is 31.8. The minimum Gasteiger partial charge on any atom is -0.456 e. The van der Waals surface area contributed by atoms with E-state index in [0.717, 1.165) is 0 Å². The molecule has 1 saturated carbocycles. The summed E-state index contributed by atoms with van der Waals surface area (Å²) < 4.78 is 27.6. The average Bonchev–Trinajstić information content (AvgIpc) is 2.94. The van der Waals surface area contributed by atoms with Crippen LogP contribution in [0.2, 0.25) is 0 Å². The highest BCUT2D eigenvalue weighted by Gasteiger charge is 2.68. The first-order valence-electron chi connectivity index (χ1n) is 8.68.